The highest BCUT2D eigenvalue weighted by molar-refractivity contribution is 6.02. The van der Waals surface area contributed by atoms with Crippen LogP contribution in [0.2, 0.25) is 0 Å². The van der Waals surface area contributed by atoms with Gasteiger partial charge in [-0.15, -0.1) is 0 Å². The standard InChI is InChI=1S/C19H29N3O/c1-5-7-9-14(3)13-22-18(8-6-2)17(12-20-22)11-16-10-15(4)21-19(16)23/h11-12,14H,4-10,13H2,1-3H3,(H,21,23). The highest BCUT2D eigenvalue weighted by Gasteiger charge is 2.21. The Morgan fingerprint density at radius 2 is 2.22 bits per heavy atom. The zero-order valence-electron chi connectivity index (χ0n) is 14.7. The number of amides is 1. The second kappa shape index (κ2) is 8.14. The number of rotatable bonds is 8. The van der Waals surface area contributed by atoms with Gasteiger partial charge in [0.25, 0.3) is 5.91 Å². The number of carbonyl (C=O) groups is 1. The summed E-state index contributed by atoms with van der Waals surface area (Å²) in [5, 5.41) is 7.36. The third kappa shape index (κ3) is 4.57. The van der Waals surface area contributed by atoms with Gasteiger partial charge in [0.1, 0.15) is 0 Å². The summed E-state index contributed by atoms with van der Waals surface area (Å²) in [4.78, 5) is 11.9. The number of aromatic nitrogens is 2. The fourth-order valence-corrected chi connectivity index (χ4v) is 3.05. The lowest BCUT2D eigenvalue weighted by Crippen LogP contribution is -2.13. The molecule has 126 valence electrons. The molecule has 0 radical (unpaired) electrons. The summed E-state index contributed by atoms with van der Waals surface area (Å²) >= 11 is 0. The molecule has 1 unspecified atom stereocenters. The normalized spacial score (nSPS) is 17.8. The van der Waals surface area contributed by atoms with Crippen molar-refractivity contribution in [2.75, 3.05) is 0 Å². The molecular weight excluding hydrogens is 286 g/mol. The van der Waals surface area contributed by atoms with Crippen molar-refractivity contribution in [1.82, 2.24) is 15.1 Å². The summed E-state index contributed by atoms with van der Waals surface area (Å²) in [6.45, 7) is 11.5. The van der Waals surface area contributed by atoms with Gasteiger partial charge in [0, 0.05) is 35.5 Å². The minimum atomic E-state index is -0.0264. The van der Waals surface area contributed by atoms with Crippen molar-refractivity contribution in [2.24, 2.45) is 5.92 Å². The molecule has 0 saturated carbocycles. The first-order valence-corrected chi connectivity index (χ1v) is 8.79. The van der Waals surface area contributed by atoms with Crippen LogP contribution in [0, 0.1) is 5.92 Å². The van der Waals surface area contributed by atoms with Crippen LogP contribution in [0.4, 0.5) is 0 Å². The van der Waals surface area contributed by atoms with E-state index in [1.165, 1.54) is 25.0 Å². The van der Waals surface area contributed by atoms with Crippen molar-refractivity contribution < 1.29 is 4.79 Å². The second-order valence-corrected chi connectivity index (χ2v) is 6.63. The molecule has 2 rings (SSSR count). The minimum absolute atomic E-state index is 0.0264. The quantitative estimate of drug-likeness (QED) is 0.735. The topological polar surface area (TPSA) is 46.9 Å². The van der Waals surface area contributed by atoms with E-state index in [1.54, 1.807) is 0 Å². The van der Waals surface area contributed by atoms with Crippen LogP contribution in [0.15, 0.2) is 24.0 Å². The van der Waals surface area contributed by atoms with Crippen LogP contribution in [-0.2, 0) is 17.8 Å². The first-order valence-electron chi connectivity index (χ1n) is 8.79. The molecule has 1 fully saturated rings. The van der Waals surface area contributed by atoms with E-state index in [0.29, 0.717) is 12.3 Å². The second-order valence-electron chi connectivity index (χ2n) is 6.63. The molecular formula is C19H29N3O. The summed E-state index contributed by atoms with van der Waals surface area (Å²) in [5.41, 5.74) is 3.88. The molecule has 2 heterocycles. The summed E-state index contributed by atoms with van der Waals surface area (Å²) in [5.74, 6) is 0.599. The van der Waals surface area contributed by atoms with Crippen LogP contribution in [0.3, 0.4) is 0 Å². The fraction of sp³-hybridized carbons (Fsp3) is 0.579. The number of nitrogens with one attached hydrogen (secondary N) is 1. The van der Waals surface area contributed by atoms with Crippen LogP contribution in [0.5, 0.6) is 0 Å². The van der Waals surface area contributed by atoms with E-state index in [4.69, 9.17) is 0 Å². The first-order chi connectivity index (χ1) is 11.0. The molecule has 0 bridgehead atoms. The lowest BCUT2D eigenvalue weighted by Gasteiger charge is -2.14. The van der Waals surface area contributed by atoms with Gasteiger partial charge in [-0.1, -0.05) is 46.6 Å². The molecule has 1 saturated heterocycles. The van der Waals surface area contributed by atoms with Crippen LogP contribution in [0.25, 0.3) is 6.08 Å². The Labute approximate surface area is 139 Å². The largest absolute Gasteiger partial charge is 0.326 e. The molecule has 1 aliphatic heterocycles. The molecule has 4 nitrogen and oxygen atoms in total. The summed E-state index contributed by atoms with van der Waals surface area (Å²) in [6.07, 6.45) is 10.3. The predicted molar refractivity (Wildman–Crippen MR) is 94.8 cm³/mol. The number of nitrogens with zero attached hydrogens (tertiary/aromatic N) is 2. The summed E-state index contributed by atoms with van der Waals surface area (Å²) < 4.78 is 2.14. The number of unbranched alkanes of at least 4 members (excludes halogenated alkanes) is 1. The SMILES string of the molecule is C=C1CC(=Cc2cnn(CC(C)CCCC)c2CCC)C(=O)N1. The molecule has 4 heteroatoms. The Bertz CT molecular complexity index is 598. The monoisotopic (exact) mass is 315 g/mol. The molecule has 0 aromatic carbocycles. The fourth-order valence-electron chi connectivity index (χ4n) is 3.05. The maximum atomic E-state index is 11.9. The molecule has 23 heavy (non-hydrogen) atoms. The Morgan fingerprint density at radius 1 is 1.43 bits per heavy atom. The van der Waals surface area contributed by atoms with Gasteiger partial charge in [-0.2, -0.15) is 5.10 Å². The van der Waals surface area contributed by atoms with Gasteiger partial charge < -0.3 is 5.32 Å². The van der Waals surface area contributed by atoms with Crippen LogP contribution in [0.1, 0.15) is 64.1 Å². The van der Waals surface area contributed by atoms with E-state index < -0.39 is 0 Å². The Balaban J connectivity index is 2.19. The van der Waals surface area contributed by atoms with Crippen LogP contribution >= 0.6 is 0 Å². The molecule has 1 aromatic heterocycles. The van der Waals surface area contributed by atoms with E-state index in [1.807, 2.05) is 12.3 Å². The van der Waals surface area contributed by atoms with Crippen molar-refractivity contribution >= 4 is 12.0 Å². The molecule has 1 amide bonds. The highest BCUT2D eigenvalue weighted by atomic mass is 16.2. The molecule has 1 N–H and O–H groups in total. The third-order valence-electron chi connectivity index (χ3n) is 4.32. The van der Waals surface area contributed by atoms with E-state index in [-0.39, 0.29) is 5.91 Å². The zero-order chi connectivity index (χ0) is 16.8. The first kappa shape index (κ1) is 17.5. The van der Waals surface area contributed by atoms with Gasteiger partial charge in [-0.05, 0) is 24.8 Å². The van der Waals surface area contributed by atoms with Gasteiger partial charge in [-0.25, -0.2) is 0 Å². The Morgan fingerprint density at radius 3 is 2.83 bits per heavy atom. The lowest BCUT2D eigenvalue weighted by molar-refractivity contribution is -0.115. The average molecular weight is 315 g/mol. The molecule has 1 aliphatic rings. The number of allylic oxidation sites excluding steroid dienone is 1. The van der Waals surface area contributed by atoms with Crippen molar-refractivity contribution in [2.45, 2.75) is 65.8 Å². The Hall–Kier alpha value is -1.84. The van der Waals surface area contributed by atoms with Crippen molar-refractivity contribution in [3.05, 3.63) is 35.3 Å². The Kier molecular flexibility index (Phi) is 6.20. The van der Waals surface area contributed by atoms with Gasteiger partial charge in [0.15, 0.2) is 0 Å². The van der Waals surface area contributed by atoms with Crippen LogP contribution in [-0.4, -0.2) is 15.7 Å². The smallest absolute Gasteiger partial charge is 0.251 e. The van der Waals surface area contributed by atoms with Gasteiger partial charge in [0.2, 0.25) is 0 Å². The predicted octanol–water partition coefficient (Wildman–Crippen LogP) is 4.08. The molecule has 1 aromatic rings. The molecule has 1 atom stereocenters. The van der Waals surface area contributed by atoms with Crippen molar-refractivity contribution in [3.8, 4) is 0 Å². The van der Waals surface area contributed by atoms with Gasteiger partial charge in [0.05, 0.1) is 6.20 Å². The molecule has 0 spiro atoms. The maximum Gasteiger partial charge on any atom is 0.251 e. The number of hydrogen-bond donors (Lipinski definition) is 1. The lowest BCUT2D eigenvalue weighted by atomic mass is 10.0. The summed E-state index contributed by atoms with van der Waals surface area (Å²) in [7, 11) is 0. The average Bonchev–Trinajstić information content (AvgIpc) is 3.02. The maximum absolute atomic E-state index is 11.9. The zero-order valence-corrected chi connectivity index (χ0v) is 14.7. The highest BCUT2D eigenvalue weighted by Crippen LogP contribution is 2.23. The van der Waals surface area contributed by atoms with Crippen molar-refractivity contribution in [3.63, 3.8) is 0 Å². The van der Waals surface area contributed by atoms with Gasteiger partial charge in [-0.3, -0.25) is 9.48 Å². The molecule has 0 aliphatic carbocycles. The van der Waals surface area contributed by atoms with Gasteiger partial charge >= 0.3 is 0 Å². The summed E-state index contributed by atoms with van der Waals surface area (Å²) in [6, 6.07) is 0. The van der Waals surface area contributed by atoms with E-state index in [9.17, 15) is 4.79 Å². The van der Waals surface area contributed by atoms with E-state index in [0.717, 1.165) is 36.2 Å². The van der Waals surface area contributed by atoms with Crippen LogP contribution < -0.4 is 5.32 Å². The van der Waals surface area contributed by atoms with E-state index in [2.05, 4.69) is 42.4 Å². The number of hydrogen-bond acceptors (Lipinski definition) is 2. The third-order valence-corrected chi connectivity index (χ3v) is 4.32. The van der Waals surface area contributed by atoms with Crippen molar-refractivity contribution in [1.29, 1.82) is 0 Å². The minimum Gasteiger partial charge on any atom is -0.326 e. The van der Waals surface area contributed by atoms with E-state index >= 15 is 0 Å². The number of carbonyl (C=O) groups excluding carboxylic acids is 1.